The van der Waals surface area contributed by atoms with E-state index in [-0.39, 0.29) is 24.1 Å². The molecule has 0 fully saturated rings. The highest BCUT2D eigenvalue weighted by atomic mass is 31.2. The van der Waals surface area contributed by atoms with Gasteiger partial charge in [0.05, 0.1) is 27.7 Å². The van der Waals surface area contributed by atoms with E-state index >= 15 is 0 Å². The molecule has 1 N–H and O–H groups in total. The van der Waals surface area contributed by atoms with Crippen molar-refractivity contribution in [1.82, 2.24) is 0 Å². The number of nitrogens with zero attached hydrogens (tertiary/aromatic N) is 1. The molecule has 0 aliphatic rings. The third-order valence-electron chi connectivity index (χ3n) is 5.92. The Kier molecular flexibility index (Phi) is 11.3. The van der Waals surface area contributed by atoms with Crippen LogP contribution in [0.25, 0.3) is 0 Å². The fraction of sp³-hybridized carbons (Fsp3) is 0.944. The van der Waals surface area contributed by atoms with Crippen molar-refractivity contribution in [1.29, 1.82) is 0 Å². The third-order valence-corrected chi connectivity index (χ3v) is 6.90. The fourth-order valence-electron chi connectivity index (χ4n) is 3.50. The van der Waals surface area contributed by atoms with E-state index in [1.807, 2.05) is 0 Å². The van der Waals surface area contributed by atoms with Crippen LogP contribution in [0.1, 0.15) is 204 Å². The van der Waals surface area contributed by atoms with Crippen LogP contribution in [0.5, 0.6) is 0 Å². The zero-order chi connectivity index (χ0) is 58.4. The zero-order valence-corrected chi connectivity index (χ0v) is 28.5. The Bertz CT molecular complexity index is 1840. The number of phosphoric ester groups is 1. The Labute approximate surface area is 321 Å². The molecule has 0 aliphatic carbocycles. The topological polar surface area (TPSA) is 108 Å². The molecule has 0 aliphatic heterocycles. The largest absolute Gasteiger partial charge is 0.472 e. The highest BCUT2D eigenvalue weighted by Crippen LogP contribution is 2.43. The minimum atomic E-state index is -5.12. The lowest BCUT2D eigenvalue weighted by molar-refractivity contribution is -0.870. The second-order valence-corrected chi connectivity index (χ2v) is 12.6. The van der Waals surface area contributed by atoms with Crippen LogP contribution in [0.3, 0.4) is 0 Å². The average molecular weight is 706 g/mol. The van der Waals surface area contributed by atoms with Crippen LogP contribution >= 0.6 is 7.82 Å². The molecule has 0 aromatic rings. The predicted octanol–water partition coefficient (Wildman–Crippen LogP) is 9.68. The van der Waals surface area contributed by atoms with Crippen LogP contribution in [0, 0.1) is 0 Å². The third kappa shape index (κ3) is 32.9. The minimum Gasteiger partial charge on any atom is -0.462 e. The molecule has 2 atom stereocenters. The van der Waals surface area contributed by atoms with Gasteiger partial charge in [0.15, 0.2) is 6.10 Å². The average Bonchev–Trinajstić information content (AvgIpc) is 3.21. The fourth-order valence-corrected chi connectivity index (χ4v) is 4.24. The van der Waals surface area contributed by atoms with Gasteiger partial charge in [-0.1, -0.05) is 142 Å². The summed E-state index contributed by atoms with van der Waals surface area (Å²) in [5.41, 5.74) is 0. The van der Waals surface area contributed by atoms with Gasteiger partial charge in [-0.15, -0.1) is 0 Å². The summed E-state index contributed by atoms with van der Waals surface area (Å²) in [4.78, 5) is 36.5. The Morgan fingerprint density at radius 1 is 0.739 bits per heavy atom. The predicted molar refractivity (Wildman–Crippen MR) is 188 cm³/mol. The summed E-state index contributed by atoms with van der Waals surface area (Å²) in [6, 6.07) is 0. The number of phosphoric acid groups is 1. The number of esters is 2. The molecule has 0 bridgehead atoms. The Morgan fingerprint density at radius 2 is 1.26 bits per heavy atom. The van der Waals surface area contributed by atoms with Gasteiger partial charge in [-0.25, -0.2) is 4.57 Å². The first-order valence-electron chi connectivity index (χ1n) is 29.0. The molecule has 0 spiro atoms. The first kappa shape index (κ1) is 17.3. The quantitative estimate of drug-likeness (QED) is 0.0305. The lowest BCUT2D eigenvalue weighted by atomic mass is 10.1. The van der Waals surface area contributed by atoms with Crippen LogP contribution in [0.2, 0.25) is 0 Å². The molecule has 10 heteroatoms. The molecule has 0 radical (unpaired) electrons. The number of quaternary nitrogens is 1. The molecule has 0 aromatic carbocycles. The van der Waals surface area contributed by atoms with Crippen molar-refractivity contribution < 1.29 is 79.1 Å². The summed E-state index contributed by atoms with van der Waals surface area (Å²) in [5, 5.41) is 0. The highest BCUT2D eigenvalue weighted by Gasteiger charge is 2.27. The van der Waals surface area contributed by atoms with Crippen molar-refractivity contribution in [2.24, 2.45) is 0 Å². The van der Waals surface area contributed by atoms with Crippen LogP contribution in [-0.2, 0) is 32.7 Å². The summed E-state index contributed by atoms with van der Waals surface area (Å²) in [7, 11) is 0.0844. The molecular weight excluding hydrogens is 605 g/mol. The second-order valence-electron chi connectivity index (χ2n) is 11.1. The second kappa shape index (κ2) is 30.1. The van der Waals surface area contributed by atoms with E-state index in [1.165, 1.54) is 12.8 Å². The first-order valence-corrected chi connectivity index (χ1v) is 16.9. The Morgan fingerprint density at radius 3 is 1.80 bits per heavy atom. The molecule has 0 saturated heterocycles. The van der Waals surface area contributed by atoms with E-state index in [1.54, 1.807) is 21.1 Å². The SMILES string of the molecule is [2H]C([2H])([2H])C([2H])([2H])C([2H])([2H])C([2H])([2H])C([2H])([2H])C([2H])([2H])C([2H])([2H])C([2H])([2H])C([2H])([2H])C([2H])([2H])C([2H])([2H])C([2H])([2H])C([2H])([2H])C(=O)O[C@H](COC(=O)CCCCCCCCCCCCC)COP(=O)(O)OCC[N+](C)(C)C. The van der Waals surface area contributed by atoms with Gasteiger partial charge < -0.3 is 18.9 Å². The van der Waals surface area contributed by atoms with E-state index in [0.717, 1.165) is 44.9 Å². The van der Waals surface area contributed by atoms with Gasteiger partial charge in [0, 0.05) is 49.8 Å². The molecule has 1 unspecified atom stereocenters. The number of ether oxygens (including phenoxy) is 2. The van der Waals surface area contributed by atoms with Crippen molar-refractivity contribution in [2.75, 3.05) is 47.5 Å². The molecular formula is C36H73NO8P+. The lowest BCUT2D eigenvalue weighted by Crippen LogP contribution is -2.37. The van der Waals surface area contributed by atoms with Crippen LogP contribution in [0.4, 0.5) is 0 Å². The van der Waals surface area contributed by atoms with E-state index in [9.17, 15) is 19.0 Å². The molecule has 0 amide bonds. The number of hydrogen-bond acceptors (Lipinski definition) is 7. The van der Waals surface area contributed by atoms with Crippen molar-refractivity contribution in [3.8, 4) is 0 Å². The summed E-state index contributed by atoms with van der Waals surface area (Å²) in [6.45, 7) is -4.55. The normalized spacial score (nSPS) is 26.5. The Hall–Kier alpha value is -0.990. The van der Waals surface area contributed by atoms with Gasteiger partial charge in [-0.05, 0) is 12.8 Å². The summed E-state index contributed by atoms with van der Waals surface area (Å²) in [6.07, 6.45) is -50.5. The lowest BCUT2D eigenvalue weighted by Gasteiger charge is -2.24. The van der Waals surface area contributed by atoms with Crippen LogP contribution in [-0.4, -0.2) is 74.9 Å². The standard InChI is InChI=1S/C36H72NO8P/c1-6-8-10-12-14-16-18-20-22-24-26-28-35(38)42-32-34(33-44-46(40,41)43-31-30-37(3,4)5)45-36(39)29-27-25-23-21-19-17-15-13-11-9-7-2/h34H,6-33H2,1-5H3/p+1/t34-/m1/s1/i2D3,7D2,9D2,11D2,13D2,15D2,17D2,19D2,21D2,23D2,25D2,27D2,29D2. The van der Waals surface area contributed by atoms with Gasteiger partial charge in [-0.3, -0.25) is 18.6 Å². The van der Waals surface area contributed by atoms with Crippen LogP contribution < -0.4 is 0 Å². The molecule has 274 valence electrons. The molecule has 0 saturated carbocycles. The van der Waals surface area contributed by atoms with Gasteiger partial charge >= 0.3 is 19.8 Å². The Balaban J connectivity index is 6.89. The molecule has 0 heterocycles. The summed E-state index contributed by atoms with van der Waals surface area (Å²) in [5.74, 6) is -3.41. The van der Waals surface area contributed by atoms with Gasteiger partial charge in [-0.2, -0.15) is 0 Å². The van der Waals surface area contributed by atoms with E-state index in [4.69, 9.17) is 55.5 Å². The number of likely N-dealkylation sites (N-methyl/N-ethyl adjacent to an activating group) is 1. The maximum Gasteiger partial charge on any atom is 0.472 e. The molecule has 0 aromatic heterocycles. The van der Waals surface area contributed by atoms with Crippen molar-refractivity contribution >= 4 is 19.8 Å². The van der Waals surface area contributed by atoms with Gasteiger partial charge in [0.2, 0.25) is 0 Å². The van der Waals surface area contributed by atoms with Gasteiger partial charge in [0.1, 0.15) is 19.8 Å². The van der Waals surface area contributed by atoms with Crippen molar-refractivity contribution in [3.05, 3.63) is 0 Å². The number of unbranched alkanes of at least 4 members (excludes halogenated alkanes) is 10. The highest BCUT2D eigenvalue weighted by molar-refractivity contribution is 7.47. The van der Waals surface area contributed by atoms with Crippen molar-refractivity contribution in [3.63, 3.8) is 0 Å². The van der Waals surface area contributed by atoms with E-state index in [2.05, 4.69) is 6.92 Å². The number of carbonyl (C=O) groups excluding carboxylic acids is 2. The maximum atomic E-state index is 13.6. The summed E-state index contributed by atoms with van der Waals surface area (Å²) < 4.78 is 253. The smallest absolute Gasteiger partial charge is 0.462 e. The summed E-state index contributed by atoms with van der Waals surface area (Å²) >= 11 is 0. The molecule has 0 rings (SSSR count). The van der Waals surface area contributed by atoms with E-state index in [0.29, 0.717) is 12.8 Å². The number of hydrogen-bond donors (Lipinski definition) is 1. The molecule has 46 heavy (non-hydrogen) atoms. The monoisotopic (exact) mass is 706 g/mol. The van der Waals surface area contributed by atoms with Crippen molar-refractivity contribution in [2.45, 2.75) is 173 Å². The van der Waals surface area contributed by atoms with E-state index < -0.39 is 122 Å². The number of carbonyl (C=O) groups is 2. The minimum absolute atomic E-state index is 0.157. The number of rotatable bonds is 34. The molecule has 9 nitrogen and oxygen atoms in total. The van der Waals surface area contributed by atoms with Crippen LogP contribution in [0.15, 0.2) is 0 Å². The van der Waals surface area contributed by atoms with Gasteiger partial charge in [0.25, 0.3) is 0 Å². The zero-order valence-electron chi connectivity index (χ0n) is 54.6. The first-order chi connectivity index (χ1) is 32.2. The maximum absolute atomic E-state index is 13.6.